The zero-order valence-corrected chi connectivity index (χ0v) is 11.2. The summed E-state index contributed by atoms with van der Waals surface area (Å²) in [5, 5.41) is 0. The monoisotopic (exact) mass is 294 g/mol. The van der Waals surface area contributed by atoms with Gasteiger partial charge < -0.3 is 9.47 Å². The lowest BCUT2D eigenvalue weighted by Gasteiger charge is -2.23. The SMILES string of the molecule is CC(F)(CS(=O)(=O)Cl)c1ccc2c(c1)OCCO2. The predicted octanol–water partition coefficient (Wildman–Crippen LogP) is 2.21. The second-order valence-corrected chi connectivity index (χ2v) is 7.02. The minimum atomic E-state index is -3.93. The van der Waals surface area contributed by atoms with Gasteiger partial charge in [0, 0.05) is 10.7 Å². The number of benzene rings is 1. The van der Waals surface area contributed by atoms with Crippen LogP contribution in [-0.2, 0) is 14.7 Å². The van der Waals surface area contributed by atoms with Crippen LogP contribution in [0.3, 0.4) is 0 Å². The van der Waals surface area contributed by atoms with Gasteiger partial charge in [-0.25, -0.2) is 12.8 Å². The first-order valence-electron chi connectivity index (χ1n) is 5.29. The second-order valence-electron chi connectivity index (χ2n) is 4.24. The second kappa shape index (κ2) is 4.59. The molecule has 0 radical (unpaired) electrons. The van der Waals surface area contributed by atoms with E-state index < -0.39 is 20.5 Å². The quantitative estimate of drug-likeness (QED) is 0.802. The van der Waals surface area contributed by atoms with Gasteiger partial charge in [0.05, 0.1) is 0 Å². The van der Waals surface area contributed by atoms with E-state index in [-0.39, 0.29) is 5.56 Å². The molecule has 2 rings (SSSR count). The van der Waals surface area contributed by atoms with Gasteiger partial charge in [-0.2, -0.15) is 0 Å². The van der Waals surface area contributed by atoms with Gasteiger partial charge >= 0.3 is 0 Å². The molecule has 0 spiro atoms. The summed E-state index contributed by atoms with van der Waals surface area (Å²) >= 11 is 0. The first-order chi connectivity index (χ1) is 8.28. The Morgan fingerprint density at radius 3 is 2.56 bits per heavy atom. The van der Waals surface area contributed by atoms with E-state index in [1.807, 2.05) is 0 Å². The molecule has 1 atom stereocenters. The number of rotatable bonds is 3. The van der Waals surface area contributed by atoms with Crippen molar-refractivity contribution in [1.82, 2.24) is 0 Å². The van der Waals surface area contributed by atoms with E-state index in [0.717, 1.165) is 0 Å². The molecule has 7 heteroatoms. The molecule has 0 aliphatic carbocycles. The van der Waals surface area contributed by atoms with Crippen molar-refractivity contribution in [3.05, 3.63) is 23.8 Å². The molecule has 1 heterocycles. The normalized spacial score (nSPS) is 18.2. The highest BCUT2D eigenvalue weighted by molar-refractivity contribution is 8.13. The number of ether oxygens (including phenoxy) is 2. The van der Waals surface area contributed by atoms with E-state index >= 15 is 0 Å². The van der Waals surface area contributed by atoms with Gasteiger partial charge in [0.2, 0.25) is 9.05 Å². The summed E-state index contributed by atoms with van der Waals surface area (Å²) in [5.41, 5.74) is -1.88. The zero-order valence-electron chi connectivity index (χ0n) is 9.65. The third-order valence-corrected chi connectivity index (χ3v) is 3.80. The van der Waals surface area contributed by atoms with Crippen LogP contribution in [0.2, 0.25) is 0 Å². The Kier molecular flexibility index (Phi) is 3.42. The lowest BCUT2D eigenvalue weighted by Crippen LogP contribution is -2.25. The molecule has 1 aromatic carbocycles. The molecule has 0 aromatic heterocycles. The lowest BCUT2D eigenvalue weighted by molar-refractivity contribution is 0.169. The number of hydrogen-bond acceptors (Lipinski definition) is 4. The molecule has 0 saturated carbocycles. The maximum absolute atomic E-state index is 14.3. The fourth-order valence-corrected chi connectivity index (χ4v) is 3.20. The van der Waals surface area contributed by atoms with Crippen LogP contribution in [0.15, 0.2) is 18.2 Å². The molecule has 0 fully saturated rings. The Bertz CT molecular complexity index is 556. The summed E-state index contributed by atoms with van der Waals surface area (Å²) in [5.74, 6) is 0.144. The van der Waals surface area contributed by atoms with Gasteiger partial charge in [-0.3, -0.25) is 0 Å². The standard InChI is InChI=1S/C11H12ClFO4S/c1-11(13,7-18(12,14)15)8-2-3-9-10(6-8)17-5-4-16-9/h2-3,6H,4-5,7H2,1H3. The maximum Gasteiger partial charge on any atom is 0.236 e. The Hall–Kier alpha value is -1.01. The third kappa shape index (κ3) is 3.05. The van der Waals surface area contributed by atoms with Crippen molar-refractivity contribution in [2.24, 2.45) is 0 Å². The summed E-state index contributed by atoms with van der Waals surface area (Å²) in [4.78, 5) is 0. The summed E-state index contributed by atoms with van der Waals surface area (Å²) in [6, 6.07) is 4.47. The van der Waals surface area contributed by atoms with E-state index in [1.54, 1.807) is 6.07 Å². The molecule has 100 valence electrons. The van der Waals surface area contributed by atoms with Crippen LogP contribution in [0.1, 0.15) is 12.5 Å². The van der Waals surface area contributed by atoms with E-state index in [0.29, 0.717) is 24.7 Å². The minimum absolute atomic E-state index is 0.191. The molecule has 0 bridgehead atoms. The van der Waals surface area contributed by atoms with Gasteiger partial charge in [0.25, 0.3) is 0 Å². The highest BCUT2D eigenvalue weighted by atomic mass is 35.7. The molecule has 0 amide bonds. The molecule has 1 aliphatic heterocycles. The van der Waals surface area contributed by atoms with Crippen molar-refractivity contribution in [2.45, 2.75) is 12.6 Å². The largest absolute Gasteiger partial charge is 0.486 e. The van der Waals surface area contributed by atoms with Crippen LogP contribution in [-0.4, -0.2) is 27.4 Å². The first-order valence-corrected chi connectivity index (χ1v) is 7.77. The highest BCUT2D eigenvalue weighted by Crippen LogP contribution is 2.36. The first kappa shape index (κ1) is 13.4. The predicted molar refractivity (Wildman–Crippen MR) is 65.5 cm³/mol. The molecule has 1 aliphatic rings. The average molecular weight is 295 g/mol. The Balaban J connectivity index is 2.33. The Morgan fingerprint density at radius 2 is 1.94 bits per heavy atom. The number of fused-ring (bicyclic) bond motifs is 1. The number of alkyl halides is 1. The van der Waals surface area contributed by atoms with Crippen molar-refractivity contribution in [2.75, 3.05) is 19.0 Å². The van der Waals surface area contributed by atoms with Crippen LogP contribution in [0.4, 0.5) is 4.39 Å². The molecule has 4 nitrogen and oxygen atoms in total. The molecular weight excluding hydrogens is 283 g/mol. The van der Waals surface area contributed by atoms with Gasteiger partial charge in [0.15, 0.2) is 11.5 Å². The Morgan fingerprint density at radius 1 is 1.33 bits per heavy atom. The highest BCUT2D eigenvalue weighted by Gasteiger charge is 2.32. The smallest absolute Gasteiger partial charge is 0.236 e. The molecule has 1 aromatic rings. The van der Waals surface area contributed by atoms with Crippen molar-refractivity contribution in [1.29, 1.82) is 0 Å². The summed E-state index contributed by atoms with van der Waals surface area (Å²) in [6.07, 6.45) is 0. The molecular formula is C11H12ClFO4S. The van der Waals surface area contributed by atoms with E-state index in [4.69, 9.17) is 20.2 Å². The van der Waals surface area contributed by atoms with Crippen molar-refractivity contribution < 1.29 is 22.3 Å². The third-order valence-electron chi connectivity index (χ3n) is 2.59. The van der Waals surface area contributed by atoms with E-state index in [9.17, 15) is 12.8 Å². The summed E-state index contributed by atoms with van der Waals surface area (Å²) in [7, 11) is 1.16. The van der Waals surface area contributed by atoms with Gasteiger partial charge in [-0.15, -0.1) is 0 Å². The molecule has 0 N–H and O–H groups in total. The van der Waals surface area contributed by atoms with Gasteiger partial charge in [0.1, 0.15) is 24.6 Å². The molecule has 1 unspecified atom stereocenters. The molecule has 18 heavy (non-hydrogen) atoms. The van der Waals surface area contributed by atoms with Gasteiger partial charge in [-0.05, 0) is 24.6 Å². The van der Waals surface area contributed by atoms with Crippen LogP contribution >= 0.6 is 10.7 Å². The Labute approximate surface area is 109 Å². The lowest BCUT2D eigenvalue weighted by atomic mass is 9.99. The van der Waals surface area contributed by atoms with E-state index in [2.05, 4.69) is 0 Å². The fourth-order valence-electron chi connectivity index (χ4n) is 1.77. The van der Waals surface area contributed by atoms with Gasteiger partial charge in [-0.1, -0.05) is 6.07 Å². The van der Waals surface area contributed by atoms with Crippen molar-refractivity contribution in [3.63, 3.8) is 0 Å². The minimum Gasteiger partial charge on any atom is -0.486 e. The number of halogens is 2. The van der Waals surface area contributed by atoms with Crippen molar-refractivity contribution in [3.8, 4) is 11.5 Å². The summed E-state index contributed by atoms with van der Waals surface area (Å²) in [6.45, 7) is 1.99. The maximum atomic E-state index is 14.3. The van der Waals surface area contributed by atoms with Crippen LogP contribution in [0.25, 0.3) is 0 Å². The topological polar surface area (TPSA) is 52.6 Å². The molecule has 0 saturated heterocycles. The van der Waals surface area contributed by atoms with Crippen LogP contribution in [0.5, 0.6) is 11.5 Å². The zero-order chi connectivity index (χ0) is 13.4. The fraction of sp³-hybridized carbons (Fsp3) is 0.455. The van der Waals surface area contributed by atoms with Crippen LogP contribution < -0.4 is 9.47 Å². The van der Waals surface area contributed by atoms with Crippen molar-refractivity contribution >= 4 is 19.7 Å². The number of hydrogen-bond donors (Lipinski definition) is 0. The average Bonchev–Trinajstić information content (AvgIpc) is 2.25. The summed E-state index contributed by atoms with van der Waals surface area (Å²) < 4.78 is 46.9. The van der Waals surface area contributed by atoms with Crippen LogP contribution in [0, 0.1) is 0 Å². The van der Waals surface area contributed by atoms with E-state index in [1.165, 1.54) is 19.1 Å².